The summed E-state index contributed by atoms with van der Waals surface area (Å²) in [5, 5.41) is 1.63. The number of halogens is 6. The standard InChI is InChI=1S/C12H16F6N2O2/c1-6(2)9(21)20-5-7(19-10(22)12(16,17)18)3-4-8(20)11(13,14)15/h6-8H,3-5H2,1-2H3,(H,19,22)/t7-,8+/m1/s1. The van der Waals surface area contributed by atoms with E-state index in [1.807, 2.05) is 0 Å². The van der Waals surface area contributed by atoms with Gasteiger partial charge in [0.1, 0.15) is 6.04 Å². The van der Waals surface area contributed by atoms with Crippen molar-refractivity contribution in [2.75, 3.05) is 6.54 Å². The summed E-state index contributed by atoms with van der Waals surface area (Å²) in [6.45, 7) is 2.20. The maximum absolute atomic E-state index is 12.9. The predicted octanol–water partition coefficient (Wildman–Crippen LogP) is 2.24. The predicted molar refractivity (Wildman–Crippen MR) is 63.6 cm³/mol. The zero-order chi connectivity index (χ0) is 17.3. The Balaban J connectivity index is 2.87. The highest BCUT2D eigenvalue weighted by Crippen LogP contribution is 2.33. The van der Waals surface area contributed by atoms with Crippen LogP contribution in [0.25, 0.3) is 0 Å². The van der Waals surface area contributed by atoms with E-state index >= 15 is 0 Å². The number of piperidine rings is 1. The maximum Gasteiger partial charge on any atom is 0.471 e. The number of hydrogen-bond donors (Lipinski definition) is 1. The van der Waals surface area contributed by atoms with Gasteiger partial charge < -0.3 is 10.2 Å². The number of hydrogen-bond acceptors (Lipinski definition) is 2. The van der Waals surface area contributed by atoms with E-state index in [4.69, 9.17) is 0 Å². The van der Waals surface area contributed by atoms with Crippen molar-refractivity contribution in [2.45, 2.75) is 51.1 Å². The van der Waals surface area contributed by atoms with E-state index in [2.05, 4.69) is 0 Å². The molecule has 1 aliphatic rings. The second-order valence-electron chi connectivity index (χ2n) is 5.45. The SMILES string of the molecule is CC(C)C(=O)N1C[C@H](NC(=O)C(F)(F)F)CC[C@H]1C(F)(F)F. The van der Waals surface area contributed by atoms with Crippen molar-refractivity contribution in [3.63, 3.8) is 0 Å². The first-order valence-corrected chi connectivity index (χ1v) is 6.59. The molecule has 0 radical (unpaired) electrons. The summed E-state index contributed by atoms with van der Waals surface area (Å²) in [5.41, 5.74) is 0. The first-order chi connectivity index (χ1) is 9.84. The number of alkyl halides is 6. The topological polar surface area (TPSA) is 49.4 Å². The van der Waals surface area contributed by atoms with Gasteiger partial charge in [0.15, 0.2) is 0 Å². The van der Waals surface area contributed by atoms with Crippen molar-refractivity contribution in [3.8, 4) is 0 Å². The molecule has 1 saturated heterocycles. The Labute approximate surface area is 122 Å². The van der Waals surface area contributed by atoms with Crippen LogP contribution in [0.5, 0.6) is 0 Å². The van der Waals surface area contributed by atoms with Gasteiger partial charge in [-0.25, -0.2) is 0 Å². The Morgan fingerprint density at radius 3 is 2.05 bits per heavy atom. The lowest BCUT2D eigenvalue weighted by Crippen LogP contribution is -2.60. The first kappa shape index (κ1) is 18.6. The lowest BCUT2D eigenvalue weighted by molar-refractivity contribution is -0.199. The molecule has 4 nitrogen and oxygen atoms in total. The quantitative estimate of drug-likeness (QED) is 0.788. The molecule has 1 aliphatic heterocycles. The van der Waals surface area contributed by atoms with Gasteiger partial charge in [0, 0.05) is 18.5 Å². The average Bonchev–Trinajstić information content (AvgIpc) is 2.35. The van der Waals surface area contributed by atoms with E-state index in [0.717, 1.165) is 0 Å². The summed E-state index contributed by atoms with van der Waals surface area (Å²) < 4.78 is 75.3. The Kier molecular flexibility index (Phi) is 5.34. The maximum atomic E-state index is 12.9. The minimum atomic E-state index is -5.12. The van der Waals surface area contributed by atoms with Crippen molar-refractivity contribution >= 4 is 11.8 Å². The molecule has 0 aromatic carbocycles. The number of carbonyl (C=O) groups excluding carboxylic acids is 2. The number of carbonyl (C=O) groups is 2. The van der Waals surface area contributed by atoms with Crippen LogP contribution in [0.3, 0.4) is 0 Å². The van der Waals surface area contributed by atoms with Crippen LogP contribution in [0.4, 0.5) is 26.3 Å². The molecule has 0 saturated carbocycles. The number of rotatable bonds is 2. The minimum Gasteiger partial charge on any atom is -0.344 e. The summed E-state index contributed by atoms with van der Waals surface area (Å²) in [7, 11) is 0. The molecule has 0 aliphatic carbocycles. The Bertz CT molecular complexity index is 432. The molecule has 22 heavy (non-hydrogen) atoms. The molecular formula is C12H16F6N2O2. The van der Waals surface area contributed by atoms with E-state index in [1.165, 1.54) is 13.8 Å². The third-order valence-electron chi connectivity index (χ3n) is 3.33. The summed E-state index contributed by atoms with van der Waals surface area (Å²) in [4.78, 5) is 23.2. The molecular weight excluding hydrogens is 318 g/mol. The molecule has 1 N–H and O–H groups in total. The molecule has 0 unspecified atom stereocenters. The van der Waals surface area contributed by atoms with E-state index in [1.54, 1.807) is 5.32 Å². The molecule has 2 atom stereocenters. The van der Waals surface area contributed by atoms with Crippen molar-refractivity contribution in [2.24, 2.45) is 5.92 Å². The van der Waals surface area contributed by atoms with Crippen LogP contribution in [-0.4, -0.2) is 47.7 Å². The summed E-state index contributed by atoms with van der Waals surface area (Å²) >= 11 is 0. The van der Waals surface area contributed by atoms with Gasteiger partial charge in [0.05, 0.1) is 0 Å². The Morgan fingerprint density at radius 1 is 1.09 bits per heavy atom. The number of likely N-dealkylation sites (tertiary alicyclic amines) is 1. The van der Waals surface area contributed by atoms with Gasteiger partial charge in [-0.15, -0.1) is 0 Å². The monoisotopic (exact) mass is 334 g/mol. The van der Waals surface area contributed by atoms with Crippen molar-refractivity contribution in [3.05, 3.63) is 0 Å². The fourth-order valence-electron chi connectivity index (χ4n) is 2.27. The lowest BCUT2D eigenvalue weighted by atomic mass is 9.96. The van der Waals surface area contributed by atoms with Crippen LogP contribution >= 0.6 is 0 Å². The third kappa shape index (κ3) is 4.51. The first-order valence-electron chi connectivity index (χ1n) is 6.59. The fourth-order valence-corrected chi connectivity index (χ4v) is 2.27. The molecule has 1 rings (SSSR count). The fraction of sp³-hybridized carbons (Fsp3) is 0.833. The Morgan fingerprint density at radius 2 is 1.64 bits per heavy atom. The highest BCUT2D eigenvalue weighted by molar-refractivity contribution is 5.82. The summed E-state index contributed by atoms with van der Waals surface area (Å²) in [6, 6.07) is -3.20. The van der Waals surface area contributed by atoms with Crippen molar-refractivity contribution < 1.29 is 35.9 Å². The van der Waals surface area contributed by atoms with E-state index in [0.29, 0.717) is 4.90 Å². The van der Waals surface area contributed by atoms with Crippen LogP contribution in [0, 0.1) is 5.92 Å². The zero-order valence-electron chi connectivity index (χ0n) is 11.9. The highest BCUT2D eigenvalue weighted by atomic mass is 19.4. The molecule has 10 heteroatoms. The van der Waals surface area contributed by atoms with Crippen molar-refractivity contribution in [1.29, 1.82) is 0 Å². The van der Waals surface area contributed by atoms with E-state index in [9.17, 15) is 35.9 Å². The molecule has 0 aromatic rings. The largest absolute Gasteiger partial charge is 0.471 e. The van der Waals surface area contributed by atoms with Gasteiger partial charge >= 0.3 is 18.3 Å². The van der Waals surface area contributed by atoms with E-state index in [-0.39, 0.29) is 6.42 Å². The number of amides is 2. The van der Waals surface area contributed by atoms with Gasteiger partial charge in [-0.2, -0.15) is 26.3 Å². The molecule has 1 fully saturated rings. The average molecular weight is 334 g/mol. The van der Waals surface area contributed by atoms with Crippen LogP contribution in [0.15, 0.2) is 0 Å². The van der Waals surface area contributed by atoms with Gasteiger partial charge in [-0.05, 0) is 12.8 Å². The summed E-state index contributed by atoms with van der Waals surface area (Å²) in [5.74, 6) is -3.77. The van der Waals surface area contributed by atoms with E-state index < -0.39 is 55.1 Å². The minimum absolute atomic E-state index is 0.284. The molecule has 128 valence electrons. The number of nitrogens with zero attached hydrogens (tertiary/aromatic N) is 1. The van der Waals surface area contributed by atoms with Crippen LogP contribution in [0.2, 0.25) is 0 Å². The Hall–Kier alpha value is -1.48. The van der Waals surface area contributed by atoms with Gasteiger partial charge in [0.2, 0.25) is 5.91 Å². The molecule has 0 bridgehead atoms. The molecule has 1 heterocycles. The second-order valence-corrected chi connectivity index (χ2v) is 5.45. The van der Waals surface area contributed by atoms with Crippen molar-refractivity contribution in [1.82, 2.24) is 10.2 Å². The van der Waals surface area contributed by atoms with Gasteiger partial charge in [-0.3, -0.25) is 9.59 Å². The highest BCUT2D eigenvalue weighted by Gasteiger charge is 2.49. The smallest absolute Gasteiger partial charge is 0.344 e. The third-order valence-corrected chi connectivity index (χ3v) is 3.33. The van der Waals surface area contributed by atoms with Gasteiger partial charge in [-0.1, -0.05) is 13.8 Å². The normalized spacial score (nSPS) is 23.6. The number of nitrogens with one attached hydrogen (secondary N) is 1. The molecule has 0 aromatic heterocycles. The molecule has 2 amide bonds. The van der Waals surface area contributed by atoms with Crippen LogP contribution in [0.1, 0.15) is 26.7 Å². The second kappa shape index (κ2) is 6.33. The lowest BCUT2D eigenvalue weighted by Gasteiger charge is -2.41. The van der Waals surface area contributed by atoms with Crippen LogP contribution in [-0.2, 0) is 9.59 Å². The summed E-state index contributed by atoms with van der Waals surface area (Å²) in [6.07, 6.45) is -10.6. The van der Waals surface area contributed by atoms with Gasteiger partial charge in [0.25, 0.3) is 0 Å². The zero-order valence-corrected chi connectivity index (χ0v) is 11.9. The van der Waals surface area contributed by atoms with Crippen LogP contribution < -0.4 is 5.32 Å². The molecule has 0 spiro atoms.